The Labute approximate surface area is 131 Å². The van der Waals surface area contributed by atoms with E-state index in [2.05, 4.69) is 29.2 Å². The molecule has 0 spiro atoms. The molecular weight excluding hydrogens is 282 g/mol. The summed E-state index contributed by atoms with van der Waals surface area (Å²) in [6.07, 6.45) is 1.40. The highest BCUT2D eigenvalue weighted by Crippen LogP contribution is 2.23. The number of aliphatic hydroxyl groups is 1. The summed E-state index contributed by atoms with van der Waals surface area (Å²) in [5.41, 5.74) is 3.78. The van der Waals surface area contributed by atoms with Crippen LogP contribution in [0, 0.1) is 0 Å². The second kappa shape index (κ2) is 6.61. The van der Waals surface area contributed by atoms with Gasteiger partial charge in [-0.1, -0.05) is 48.0 Å². The lowest BCUT2D eigenvalue weighted by atomic mass is 9.99. The maximum atomic E-state index is 10.3. The van der Waals surface area contributed by atoms with E-state index in [1.165, 1.54) is 11.1 Å². The van der Waals surface area contributed by atoms with Crippen molar-refractivity contribution in [2.24, 2.45) is 0 Å². The van der Waals surface area contributed by atoms with Crippen LogP contribution in [-0.4, -0.2) is 23.1 Å². The van der Waals surface area contributed by atoms with Crippen molar-refractivity contribution in [3.05, 3.63) is 70.2 Å². The Kier molecular flexibility index (Phi) is 4.59. The van der Waals surface area contributed by atoms with E-state index in [9.17, 15) is 5.11 Å². The summed E-state index contributed by atoms with van der Waals surface area (Å²) in [4.78, 5) is 2.41. The fourth-order valence-corrected chi connectivity index (χ4v) is 3.13. The zero-order chi connectivity index (χ0) is 14.7. The number of hydrogen-bond donors (Lipinski definition) is 1. The number of halogens is 1. The molecule has 0 saturated carbocycles. The smallest absolute Gasteiger partial charge is 0.0802 e. The highest BCUT2D eigenvalue weighted by Gasteiger charge is 2.17. The zero-order valence-corrected chi connectivity index (χ0v) is 12.8. The largest absolute Gasteiger partial charge is 0.388 e. The van der Waals surface area contributed by atoms with E-state index in [-0.39, 0.29) is 0 Å². The third-order valence-electron chi connectivity index (χ3n) is 4.16. The van der Waals surface area contributed by atoms with E-state index >= 15 is 0 Å². The fraction of sp³-hybridized carbons (Fsp3) is 0.333. The standard InChI is InChI=1S/C18H20ClNO/c19-17-7-3-6-15(12-17)18(21)9-11-20-10-8-14-4-1-2-5-16(14)13-20/h1-7,12,18,21H,8-11,13H2. The van der Waals surface area contributed by atoms with Gasteiger partial charge in [0, 0.05) is 24.7 Å². The second-order valence-electron chi connectivity index (χ2n) is 5.65. The lowest BCUT2D eigenvalue weighted by Crippen LogP contribution is -2.32. The van der Waals surface area contributed by atoms with Crippen molar-refractivity contribution in [1.82, 2.24) is 4.90 Å². The van der Waals surface area contributed by atoms with Crippen LogP contribution in [0.3, 0.4) is 0 Å². The lowest BCUT2D eigenvalue weighted by Gasteiger charge is -2.29. The lowest BCUT2D eigenvalue weighted by molar-refractivity contribution is 0.137. The molecule has 1 atom stereocenters. The average Bonchev–Trinajstić information content (AvgIpc) is 2.52. The zero-order valence-electron chi connectivity index (χ0n) is 12.0. The predicted molar refractivity (Wildman–Crippen MR) is 86.5 cm³/mol. The molecule has 3 rings (SSSR count). The topological polar surface area (TPSA) is 23.5 Å². The predicted octanol–water partition coefficient (Wildman–Crippen LogP) is 3.82. The molecule has 2 nitrogen and oxygen atoms in total. The van der Waals surface area contributed by atoms with Gasteiger partial charge in [-0.2, -0.15) is 0 Å². The molecule has 0 saturated heterocycles. The number of hydrogen-bond acceptors (Lipinski definition) is 2. The molecule has 0 aromatic heterocycles. The first-order valence-corrected chi connectivity index (χ1v) is 7.83. The van der Waals surface area contributed by atoms with E-state index in [0.29, 0.717) is 5.02 Å². The van der Waals surface area contributed by atoms with E-state index in [4.69, 9.17) is 11.6 Å². The highest BCUT2D eigenvalue weighted by molar-refractivity contribution is 6.30. The monoisotopic (exact) mass is 301 g/mol. The molecule has 0 aliphatic carbocycles. The van der Waals surface area contributed by atoms with E-state index in [1.54, 1.807) is 0 Å². The van der Waals surface area contributed by atoms with Gasteiger partial charge in [-0.3, -0.25) is 4.90 Å². The van der Waals surface area contributed by atoms with Crippen molar-refractivity contribution < 1.29 is 5.11 Å². The third-order valence-corrected chi connectivity index (χ3v) is 4.40. The first-order chi connectivity index (χ1) is 10.2. The van der Waals surface area contributed by atoms with Crippen molar-refractivity contribution in [3.8, 4) is 0 Å². The molecule has 0 amide bonds. The third kappa shape index (κ3) is 3.65. The van der Waals surface area contributed by atoms with Crippen LogP contribution in [0.25, 0.3) is 0 Å². The second-order valence-corrected chi connectivity index (χ2v) is 6.09. The minimum absolute atomic E-state index is 0.444. The van der Waals surface area contributed by atoms with Crippen LogP contribution in [0.1, 0.15) is 29.2 Å². The molecule has 2 aromatic rings. The van der Waals surface area contributed by atoms with Crippen LogP contribution in [0.4, 0.5) is 0 Å². The first-order valence-electron chi connectivity index (χ1n) is 7.45. The molecular formula is C18H20ClNO. The molecule has 110 valence electrons. The van der Waals surface area contributed by atoms with Crippen LogP contribution in [0.15, 0.2) is 48.5 Å². The number of aliphatic hydroxyl groups excluding tert-OH is 1. The molecule has 2 aromatic carbocycles. The maximum absolute atomic E-state index is 10.3. The summed E-state index contributed by atoms with van der Waals surface area (Å²) in [6.45, 7) is 2.96. The Hall–Kier alpha value is -1.35. The molecule has 1 aliphatic heterocycles. The number of fused-ring (bicyclic) bond motifs is 1. The Balaban J connectivity index is 1.57. The molecule has 1 unspecified atom stereocenters. The number of nitrogens with zero attached hydrogens (tertiary/aromatic N) is 1. The van der Waals surface area contributed by atoms with Gasteiger partial charge in [0.2, 0.25) is 0 Å². The summed E-state index contributed by atoms with van der Waals surface area (Å²) < 4.78 is 0. The van der Waals surface area contributed by atoms with Gasteiger partial charge in [-0.25, -0.2) is 0 Å². The molecule has 0 radical (unpaired) electrons. The molecule has 0 fully saturated rings. The maximum Gasteiger partial charge on any atom is 0.0802 e. The normalized spacial score (nSPS) is 16.5. The first kappa shape index (κ1) is 14.6. The van der Waals surface area contributed by atoms with Crippen molar-refractivity contribution in [1.29, 1.82) is 0 Å². The van der Waals surface area contributed by atoms with Gasteiger partial charge in [0.15, 0.2) is 0 Å². The van der Waals surface area contributed by atoms with Gasteiger partial charge in [-0.15, -0.1) is 0 Å². The minimum atomic E-state index is -0.444. The molecule has 21 heavy (non-hydrogen) atoms. The van der Waals surface area contributed by atoms with E-state index in [1.807, 2.05) is 24.3 Å². The van der Waals surface area contributed by atoms with Gasteiger partial charge in [0.05, 0.1) is 6.10 Å². The van der Waals surface area contributed by atoms with Gasteiger partial charge in [-0.05, 0) is 41.7 Å². The van der Waals surface area contributed by atoms with Gasteiger partial charge >= 0.3 is 0 Å². The molecule has 1 aliphatic rings. The quantitative estimate of drug-likeness (QED) is 0.928. The molecule has 3 heteroatoms. The Bertz CT molecular complexity index is 614. The van der Waals surface area contributed by atoms with E-state index in [0.717, 1.165) is 38.0 Å². The minimum Gasteiger partial charge on any atom is -0.388 e. The van der Waals surface area contributed by atoms with Crippen LogP contribution >= 0.6 is 11.6 Å². The van der Waals surface area contributed by atoms with Gasteiger partial charge < -0.3 is 5.11 Å². The Morgan fingerprint density at radius 3 is 2.71 bits per heavy atom. The average molecular weight is 302 g/mol. The van der Waals surface area contributed by atoms with Gasteiger partial charge in [0.1, 0.15) is 0 Å². The van der Waals surface area contributed by atoms with Crippen LogP contribution in [0.5, 0.6) is 0 Å². The van der Waals surface area contributed by atoms with Crippen LogP contribution < -0.4 is 0 Å². The highest BCUT2D eigenvalue weighted by atomic mass is 35.5. The molecule has 0 bridgehead atoms. The van der Waals surface area contributed by atoms with Crippen LogP contribution in [-0.2, 0) is 13.0 Å². The summed E-state index contributed by atoms with van der Waals surface area (Å²) in [6, 6.07) is 16.1. The van der Waals surface area contributed by atoms with Gasteiger partial charge in [0.25, 0.3) is 0 Å². The number of rotatable bonds is 4. The Morgan fingerprint density at radius 1 is 1.10 bits per heavy atom. The number of benzene rings is 2. The van der Waals surface area contributed by atoms with E-state index < -0.39 is 6.10 Å². The summed E-state index contributed by atoms with van der Waals surface area (Å²) in [5.74, 6) is 0. The Morgan fingerprint density at radius 2 is 1.90 bits per heavy atom. The SMILES string of the molecule is OC(CCN1CCc2ccccc2C1)c1cccc(Cl)c1. The van der Waals surface area contributed by atoms with Crippen LogP contribution in [0.2, 0.25) is 5.02 Å². The van der Waals surface area contributed by atoms with Crippen molar-refractivity contribution in [3.63, 3.8) is 0 Å². The summed E-state index contributed by atoms with van der Waals surface area (Å²) in [5, 5.41) is 11.0. The summed E-state index contributed by atoms with van der Waals surface area (Å²) in [7, 11) is 0. The molecule has 1 heterocycles. The summed E-state index contributed by atoms with van der Waals surface area (Å²) >= 11 is 5.97. The van der Waals surface area contributed by atoms with Crippen molar-refractivity contribution >= 4 is 11.6 Å². The molecule has 1 N–H and O–H groups in total. The fourth-order valence-electron chi connectivity index (χ4n) is 2.93. The van der Waals surface area contributed by atoms with Crippen molar-refractivity contribution in [2.75, 3.05) is 13.1 Å². The van der Waals surface area contributed by atoms with Crippen molar-refractivity contribution in [2.45, 2.75) is 25.5 Å².